The van der Waals surface area contributed by atoms with Crippen LogP contribution in [-0.2, 0) is 0 Å². The van der Waals surface area contributed by atoms with Crippen LogP contribution in [0.2, 0.25) is 0 Å². The number of hydrogen-bond acceptors (Lipinski definition) is 4. The number of nitrogens with one attached hydrogen (secondary N) is 1. The van der Waals surface area contributed by atoms with E-state index in [9.17, 15) is 4.79 Å². The van der Waals surface area contributed by atoms with Crippen molar-refractivity contribution < 1.29 is 14.6 Å². The van der Waals surface area contributed by atoms with Crippen molar-refractivity contribution >= 4 is 5.97 Å². The summed E-state index contributed by atoms with van der Waals surface area (Å²) < 4.78 is 5.54. The first-order valence-electron chi connectivity index (χ1n) is 7.12. The molecule has 0 saturated carbocycles. The summed E-state index contributed by atoms with van der Waals surface area (Å²) in [6.45, 7) is 7.44. The highest BCUT2D eigenvalue weighted by Gasteiger charge is 2.18. The fourth-order valence-electron chi connectivity index (χ4n) is 2.34. The molecule has 0 bridgehead atoms. The maximum absolute atomic E-state index is 11.0. The van der Waals surface area contributed by atoms with Crippen LogP contribution in [0.1, 0.15) is 24.2 Å². The van der Waals surface area contributed by atoms with Crippen molar-refractivity contribution in [3.63, 3.8) is 0 Å². The van der Waals surface area contributed by atoms with Crippen molar-refractivity contribution in [2.75, 3.05) is 40.3 Å². The lowest BCUT2D eigenvalue weighted by molar-refractivity contribution is 0.0692. The number of carboxylic acid groups (broad SMARTS) is 1. The van der Waals surface area contributed by atoms with Gasteiger partial charge in [0.25, 0.3) is 0 Å². The normalized spacial score (nSPS) is 11.7. The van der Waals surface area contributed by atoms with E-state index in [1.807, 2.05) is 0 Å². The molecule has 1 aromatic rings. The second kappa shape index (κ2) is 8.00. The van der Waals surface area contributed by atoms with Gasteiger partial charge in [-0.15, -0.1) is 0 Å². The molecule has 5 nitrogen and oxygen atoms in total. The van der Waals surface area contributed by atoms with Crippen LogP contribution in [-0.4, -0.2) is 56.3 Å². The minimum absolute atomic E-state index is 0.183. The van der Waals surface area contributed by atoms with Crippen LogP contribution in [0.25, 0.3) is 0 Å². The lowest BCUT2D eigenvalue weighted by atomic mass is 9.93. The predicted molar refractivity (Wildman–Crippen MR) is 84.1 cm³/mol. The first-order valence-corrected chi connectivity index (χ1v) is 7.12. The Morgan fingerprint density at radius 3 is 2.62 bits per heavy atom. The highest BCUT2D eigenvalue weighted by atomic mass is 16.5. The Kier molecular flexibility index (Phi) is 6.65. The van der Waals surface area contributed by atoms with E-state index in [-0.39, 0.29) is 11.0 Å². The van der Waals surface area contributed by atoms with E-state index in [0.29, 0.717) is 18.9 Å². The maximum atomic E-state index is 11.0. The molecule has 0 amide bonds. The van der Waals surface area contributed by atoms with Crippen LogP contribution in [0.3, 0.4) is 0 Å². The third kappa shape index (κ3) is 6.60. The molecule has 118 valence electrons. The molecule has 1 rings (SSSR count). The zero-order valence-corrected chi connectivity index (χ0v) is 13.3. The number of ether oxygens (including phenoxy) is 1. The van der Waals surface area contributed by atoms with E-state index < -0.39 is 5.97 Å². The molecule has 0 atom stereocenters. The van der Waals surface area contributed by atoms with Crippen molar-refractivity contribution in [2.24, 2.45) is 5.41 Å². The Morgan fingerprint density at radius 1 is 1.33 bits per heavy atom. The number of para-hydroxylation sites is 1. The van der Waals surface area contributed by atoms with Crippen LogP contribution >= 0.6 is 0 Å². The van der Waals surface area contributed by atoms with Gasteiger partial charge in [0.05, 0.1) is 0 Å². The predicted octanol–water partition coefficient (Wildman–Crippen LogP) is 1.94. The average Bonchev–Trinajstić information content (AvgIpc) is 2.37. The molecule has 0 aliphatic carbocycles. The van der Waals surface area contributed by atoms with Gasteiger partial charge in [-0.1, -0.05) is 26.0 Å². The van der Waals surface area contributed by atoms with Gasteiger partial charge in [-0.3, -0.25) is 0 Å². The fraction of sp³-hybridized carbons (Fsp3) is 0.562. The summed E-state index contributed by atoms with van der Waals surface area (Å²) in [5.74, 6) is -0.551. The smallest absolute Gasteiger partial charge is 0.339 e. The quantitative estimate of drug-likeness (QED) is 0.682. The number of benzene rings is 1. The van der Waals surface area contributed by atoms with Crippen LogP contribution < -0.4 is 10.1 Å². The minimum Gasteiger partial charge on any atom is -0.491 e. The highest BCUT2D eigenvalue weighted by molar-refractivity contribution is 5.90. The molecule has 1 aromatic carbocycles. The monoisotopic (exact) mass is 294 g/mol. The number of hydrogen-bond donors (Lipinski definition) is 2. The van der Waals surface area contributed by atoms with Gasteiger partial charge in [0.2, 0.25) is 0 Å². The zero-order chi connectivity index (χ0) is 15.9. The topological polar surface area (TPSA) is 61.8 Å². The maximum Gasteiger partial charge on any atom is 0.339 e. The average molecular weight is 294 g/mol. The summed E-state index contributed by atoms with van der Waals surface area (Å²) in [6.07, 6.45) is 0. The van der Waals surface area contributed by atoms with Gasteiger partial charge in [0.15, 0.2) is 0 Å². The Labute approximate surface area is 126 Å². The molecule has 0 unspecified atom stereocenters. The van der Waals surface area contributed by atoms with E-state index in [2.05, 4.69) is 38.2 Å². The minimum atomic E-state index is -0.967. The number of nitrogens with zero attached hydrogens (tertiary/aromatic N) is 1. The van der Waals surface area contributed by atoms with Crippen LogP contribution in [0, 0.1) is 5.41 Å². The van der Waals surface area contributed by atoms with Gasteiger partial charge >= 0.3 is 5.97 Å². The van der Waals surface area contributed by atoms with Gasteiger partial charge in [-0.25, -0.2) is 4.79 Å². The molecule has 0 aliphatic rings. The summed E-state index contributed by atoms with van der Waals surface area (Å²) in [6, 6.07) is 6.69. The van der Waals surface area contributed by atoms with Crippen molar-refractivity contribution in [2.45, 2.75) is 13.8 Å². The highest BCUT2D eigenvalue weighted by Crippen LogP contribution is 2.17. The Morgan fingerprint density at radius 2 is 2.00 bits per heavy atom. The second-order valence-electron chi connectivity index (χ2n) is 6.23. The molecule has 21 heavy (non-hydrogen) atoms. The molecule has 0 fully saturated rings. The van der Waals surface area contributed by atoms with Gasteiger partial charge in [0, 0.05) is 19.6 Å². The SMILES string of the molecule is CN(C)CC(C)(C)CNCCOc1ccccc1C(=O)O. The van der Waals surface area contributed by atoms with Crippen molar-refractivity contribution in [3.8, 4) is 5.75 Å². The van der Waals surface area contributed by atoms with Crippen molar-refractivity contribution in [1.29, 1.82) is 0 Å². The largest absolute Gasteiger partial charge is 0.491 e. The molecular weight excluding hydrogens is 268 g/mol. The molecule has 2 N–H and O–H groups in total. The summed E-state index contributed by atoms with van der Waals surface area (Å²) in [5, 5.41) is 12.4. The van der Waals surface area contributed by atoms with Crippen LogP contribution in [0.15, 0.2) is 24.3 Å². The molecule has 5 heteroatoms. The summed E-state index contributed by atoms with van der Waals surface area (Å²) >= 11 is 0. The van der Waals surface area contributed by atoms with E-state index in [4.69, 9.17) is 9.84 Å². The first kappa shape index (κ1) is 17.5. The Bertz CT molecular complexity index is 459. The number of rotatable bonds is 9. The number of carbonyl (C=O) groups is 1. The van der Waals surface area contributed by atoms with Gasteiger partial charge in [-0.2, -0.15) is 0 Å². The van der Waals surface area contributed by atoms with E-state index >= 15 is 0 Å². The summed E-state index contributed by atoms with van der Waals surface area (Å²) in [4.78, 5) is 13.2. The third-order valence-electron chi connectivity index (χ3n) is 3.00. The Balaban J connectivity index is 2.34. The molecule has 0 aromatic heterocycles. The van der Waals surface area contributed by atoms with Crippen molar-refractivity contribution in [1.82, 2.24) is 10.2 Å². The standard InChI is InChI=1S/C16H26N2O3/c1-16(2,12-18(3)4)11-17-9-10-21-14-8-6-5-7-13(14)15(19)20/h5-8,17H,9-12H2,1-4H3,(H,19,20). The van der Waals surface area contributed by atoms with E-state index in [1.54, 1.807) is 24.3 Å². The molecular formula is C16H26N2O3. The van der Waals surface area contributed by atoms with E-state index in [1.165, 1.54) is 0 Å². The first-order chi connectivity index (χ1) is 9.82. The number of aromatic carboxylic acids is 1. The van der Waals surface area contributed by atoms with Crippen molar-refractivity contribution in [3.05, 3.63) is 29.8 Å². The fourth-order valence-corrected chi connectivity index (χ4v) is 2.34. The van der Waals surface area contributed by atoms with Gasteiger partial charge in [-0.05, 0) is 31.6 Å². The number of carboxylic acids is 1. The van der Waals surface area contributed by atoms with Crippen LogP contribution in [0.5, 0.6) is 5.75 Å². The second-order valence-corrected chi connectivity index (χ2v) is 6.23. The molecule has 0 radical (unpaired) electrons. The van der Waals surface area contributed by atoms with Gasteiger partial charge < -0.3 is 20.1 Å². The molecule has 0 spiro atoms. The van der Waals surface area contributed by atoms with E-state index in [0.717, 1.165) is 13.1 Å². The lowest BCUT2D eigenvalue weighted by Gasteiger charge is -2.28. The molecule has 0 aliphatic heterocycles. The van der Waals surface area contributed by atoms with Crippen LogP contribution in [0.4, 0.5) is 0 Å². The zero-order valence-electron chi connectivity index (χ0n) is 13.3. The Hall–Kier alpha value is -1.59. The summed E-state index contributed by atoms with van der Waals surface area (Å²) in [7, 11) is 4.13. The third-order valence-corrected chi connectivity index (χ3v) is 3.00. The molecule has 0 heterocycles. The lowest BCUT2D eigenvalue weighted by Crippen LogP contribution is -2.38. The summed E-state index contributed by atoms with van der Waals surface area (Å²) in [5.41, 5.74) is 0.382. The van der Waals surface area contributed by atoms with Gasteiger partial charge in [0.1, 0.15) is 17.9 Å². The molecule has 0 saturated heterocycles.